The fraction of sp³-hybridized carbons (Fsp3) is 0.190. The van der Waals surface area contributed by atoms with Crippen LogP contribution in [-0.2, 0) is 11.3 Å². The second-order valence-corrected chi connectivity index (χ2v) is 6.62. The van der Waals surface area contributed by atoms with Crippen LogP contribution in [0.25, 0.3) is 11.3 Å². The Hall–Kier alpha value is -3.41. The van der Waals surface area contributed by atoms with E-state index in [0.29, 0.717) is 23.6 Å². The normalized spacial score (nSPS) is 15.3. The number of nitrogens with zero attached hydrogens (tertiary/aromatic N) is 2. The molecule has 6 nitrogen and oxygen atoms in total. The van der Waals surface area contributed by atoms with Crippen LogP contribution in [0, 0.1) is 0 Å². The molecule has 27 heavy (non-hydrogen) atoms. The molecule has 2 heterocycles. The highest BCUT2D eigenvalue weighted by molar-refractivity contribution is 5.99. The lowest BCUT2D eigenvalue weighted by Gasteiger charge is -2.18. The topological polar surface area (TPSA) is 75.4 Å². The molecule has 1 aliphatic heterocycles. The van der Waals surface area contributed by atoms with Gasteiger partial charge >= 0.3 is 0 Å². The van der Waals surface area contributed by atoms with E-state index in [-0.39, 0.29) is 24.3 Å². The van der Waals surface area contributed by atoms with Crippen LogP contribution < -0.4 is 5.32 Å². The maximum absolute atomic E-state index is 12.6. The van der Waals surface area contributed by atoms with Gasteiger partial charge in [0.25, 0.3) is 5.91 Å². The van der Waals surface area contributed by atoms with E-state index in [0.717, 1.165) is 11.1 Å². The Bertz CT molecular complexity index is 981. The molecule has 2 amide bonds. The van der Waals surface area contributed by atoms with Crippen molar-refractivity contribution in [2.75, 3.05) is 7.05 Å². The van der Waals surface area contributed by atoms with Crippen molar-refractivity contribution in [3.05, 3.63) is 77.5 Å². The molecule has 1 atom stereocenters. The summed E-state index contributed by atoms with van der Waals surface area (Å²) in [7, 11) is 1.72. The molecule has 6 heteroatoms. The first-order valence-electron chi connectivity index (χ1n) is 8.76. The zero-order valence-electron chi connectivity index (χ0n) is 14.9. The molecule has 1 aromatic heterocycles. The standard InChI is InChI=1S/C21H19N3O3/c1-24(13-15-11-19(27-23-15)14-7-3-2-4-8-14)20(25)12-18-16-9-5-6-10-17(16)21(26)22-18/h2-11,18H,12-13H2,1H3,(H,22,26)/t18-/m1/s1. The molecule has 0 fully saturated rings. The third kappa shape index (κ3) is 3.46. The summed E-state index contributed by atoms with van der Waals surface area (Å²) in [4.78, 5) is 26.2. The molecule has 0 spiro atoms. The van der Waals surface area contributed by atoms with Crippen molar-refractivity contribution >= 4 is 11.8 Å². The van der Waals surface area contributed by atoms with Crippen LogP contribution in [0.3, 0.4) is 0 Å². The number of nitrogens with one attached hydrogen (secondary N) is 1. The predicted octanol–water partition coefficient (Wildman–Crippen LogP) is 3.17. The highest BCUT2D eigenvalue weighted by Crippen LogP contribution is 2.28. The monoisotopic (exact) mass is 361 g/mol. The summed E-state index contributed by atoms with van der Waals surface area (Å²) in [6, 6.07) is 18.6. The molecular weight excluding hydrogens is 342 g/mol. The Kier molecular flexibility index (Phi) is 4.46. The first kappa shape index (κ1) is 17.0. The number of rotatable bonds is 5. The van der Waals surface area contributed by atoms with Crippen LogP contribution in [0.2, 0.25) is 0 Å². The average molecular weight is 361 g/mol. The molecular formula is C21H19N3O3. The largest absolute Gasteiger partial charge is 0.356 e. The van der Waals surface area contributed by atoms with Gasteiger partial charge in [-0.05, 0) is 11.6 Å². The van der Waals surface area contributed by atoms with Gasteiger partial charge in [0.1, 0.15) is 5.69 Å². The minimum absolute atomic E-state index is 0.0683. The van der Waals surface area contributed by atoms with Crippen LogP contribution >= 0.6 is 0 Å². The van der Waals surface area contributed by atoms with Crippen molar-refractivity contribution in [1.29, 1.82) is 0 Å². The smallest absolute Gasteiger partial charge is 0.252 e. The molecule has 0 aliphatic carbocycles. The van der Waals surface area contributed by atoms with Crippen molar-refractivity contribution in [3.63, 3.8) is 0 Å². The maximum Gasteiger partial charge on any atom is 0.252 e. The van der Waals surface area contributed by atoms with Gasteiger partial charge in [-0.25, -0.2) is 0 Å². The zero-order chi connectivity index (χ0) is 18.8. The molecule has 1 N–H and O–H groups in total. The summed E-state index contributed by atoms with van der Waals surface area (Å²) in [5.41, 5.74) is 3.13. The van der Waals surface area contributed by atoms with E-state index in [9.17, 15) is 9.59 Å². The summed E-state index contributed by atoms with van der Waals surface area (Å²) >= 11 is 0. The van der Waals surface area contributed by atoms with E-state index >= 15 is 0 Å². The summed E-state index contributed by atoms with van der Waals surface area (Å²) in [6.07, 6.45) is 0.211. The van der Waals surface area contributed by atoms with Crippen molar-refractivity contribution in [2.24, 2.45) is 0 Å². The molecule has 0 unspecified atom stereocenters. The van der Waals surface area contributed by atoms with Crippen LogP contribution in [0.15, 0.2) is 65.2 Å². The highest BCUT2D eigenvalue weighted by Gasteiger charge is 2.30. The Balaban J connectivity index is 1.41. The molecule has 4 rings (SSSR count). The van der Waals surface area contributed by atoms with Crippen molar-refractivity contribution < 1.29 is 14.1 Å². The summed E-state index contributed by atoms with van der Waals surface area (Å²) in [5, 5.41) is 6.93. The lowest BCUT2D eigenvalue weighted by molar-refractivity contribution is -0.131. The quantitative estimate of drug-likeness (QED) is 0.757. The van der Waals surface area contributed by atoms with Crippen LogP contribution in [0.4, 0.5) is 0 Å². The highest BCUT2D eigenvalue weighted by atomic mass is 16.5. The molecule has 1 aliphatic rings. The summed E-state index contributed by atoms with van der Waals surface area (Å²) in [5.74, 6) is 0.472. The first-order chi connectivity index (χ1) is 13.1. The van der Waals surface area contributed by atoms with Crippen molar-refractivity contribution in [3.8, 4) is 11.3 Å². The second-order valence-electron chi connectivity index (χ2n) is 6.62. The van der Waals surface area contributed by atoms with Gasteiger partial charge in [0.15, 0.2) is 5.76 Å². The zero-order valence-corrected chi connectivity index (χ0v) is 14.9. The minimum atomic E-state index is -0.291. The molecule has 0 radical (unpaired) electrons. The molecule has 0 saturated carbocycles. The van der Waals surface area contributed by atoms with E-state index in [1.807, 2.05) is 54.6 Å². The van der Waals surface area contributed by atoms with Gasteiger partial charge < -0.3 is 14.7 Å². The van der Waals surface area contributed by atoms with Gasteiger partial charge in [-0.15, -0.1) is 0 Å². The number of fused-ring (bicyclic) bond motifs is 1. The van der Waals surface area contributed by atoms with E-state index in [1.165, 1.54) is 0 Å². The van der Waals surface area contributed by atoms with Crippen LogP contribution in [-0.4, -0.2) is 28.9 Å². The Morgan fingerprint density at radius 1 is 1.15 bits per heavy atom. The third-order valence-corrected chi connectivity index (χ3v) is 4.71. The maximum atomic E-state index is 12.6. The van der Waals surface area contributed by atoms with Gasteiger partial charge in [0, 0.05) is 24.2 Å². The molecule has 136 valence electrons. The number of hydrogen-bond donors (Lipinski definition) is 1. The predicted molar refractivity (Wildman–Crippen MR) is 99.7 cm³/mol. The molecule has 2 aromatic carbocycles. The second kappa shape index (κ2) is 7.07. The van der Waals surface area contributed by atoms with Crippen LogP contribution in [0.1, 0.15) is 34.1 Å². The van der Waals surface area contributed by atoms with Crippen molar-refractivity contribution in [1.82, 2.24) is 15.4 Å². The lowest BCUT2D eigenvalue weighted by Crippen LogP contribution is -2.30. The fourth-order valence-electron chi connectivity index (χ4n) is 3.27. The summed E-state index contributed by atoms with van der Waals surface area (Å²) in [6.45, 7) is 0.345. The first-order valence-corrected chi connectivity index (χ1v) is 8.76. The van der Waals surface area contributed by atoms with Gasteiger partial charge in [-0.2, -0.15) is 0 Å². The Morgan fingerprint density at radius 3 is 2.70 bits per heavy atom. The Morgan fingerprint density at radius 2 is 1.89 bits per heavy atom. The fourth-order valence-corrected chi connectivity index (χ4v) is 3.27. The van der Waals surface area contributed by atoms with Gasteiger partial charge in [-0.1, -0.05) is 53.7 Å². The van der Waals surface area contributed by atoms with E-state index < -0.39 is 0 Å². The van der Waals surface area contributed by atoms with Gasteiger partial charge in [0.05, 0.1) is 19.0 Å². The number of hydrogen-bond acceptors (Lipinski definition) is 4. The minimum Gasteiger partial charge on any atom is -0.356 e. The van der Waals surface area contributed by atoms with E-state index in [4.69, 9.17) is 4.52 Å². The average Bonchev–Trinajstić information content (AvgIpc) is 3.28. The summed E-state index contributed by atoms with van der Waals surface area (Å²) < 4.78 is 5.38. The molecule has 3 aromatic rings. The van der Waals surface area contributed by atoms with Crippen molar-refractivity contribution in [2.45, 2.75) is 19.0 Å². The lowest BCUT2D eigenvalue weighted by atomic mass is 10.0. The van der Waals surface area contributed by atoms with Crippen LogP contribution in [0.5, 0.6) is 0 Å². The number of carbonyl (C=O) groups is 2. The number of aromatic nitrogens is 1. The van der Waals surface area contributed by atoms with E-state index in [2.05, 4.69) is 10.5 Å². The number of carbonyl (C=O) groups excluding carboxylic acids is 2. The SMILES string of the molecule is CN(Cc1cc(-c2ccccc2)on1)C(=O)C[C@H]1NC(=O)c2ccccc21. The molecule has 0 saturated heterocycles. The molecule has 0 bridgehead atoms. The van der Waals surface area contributed by atoms with E-state index in [1.54, 1.807) is 18.0 Å². The Labute approximate surface area is 156 Å². The van der Waals surface area contributed by atoms with Gasteiger partial charge in [0.2, 0.25) is 5.91 Å². The number of amides is 2. The van der Waals surface area contributed by atoms with Gasteiger partial charge in [-0.3, -0.25) is 9.59 Å². The number of benzene rings is 2. The third-order valence-electron chi connectivity index (χ3n) is 4.71.